The van der Waals surface area contributed by atoms with Crippen molar-refractivity contribution in [1.29, 1.82) is 0 Å². The summed E-state index contributed by atoms with van der Waals surface area (Å²) in [5, 5.41) is 2.80. The van der Waals surface area contributed by atoms with E-state index in [2.05, 4.69) is 5.32 Å². The first-order valence-electron chi connectivity index (χ1n) is 11.8. The lowest BCUT2D eigenvalue weighted by atomic mass is 9.83. The van der Waals surface area contributed by atoms with Gasteiger partial charge in [0.1, 0.15) is 17.1 Å². The molecule has 0 spiro atoms. The number of carbonyl (C=O) groups is 2. The maximum absolute atomic E-state index is 13.3. The first-order valence-corrected chi connectivity index (χ1v) is 11.8. The van der Waals surface area contributed by atoms with Gasteiger partial charge < -0.3 is 19.7 Å². The molecule has 0 unspecified atom stereocenters. The van der Waals surface area contributed by atoms with Gasteiger partial charge in [0.15, 0.2) is 5.60 Å². The lowest BCUT2D eigenvalue weighted by Gasteiger charge is -2.39. The Morgan fingerprint density at radius 3 is 2.42 bits per heavy atom. The minimum atomic E-state index is -4.50. The molecule has 2 heterocycles. The molecule has 0 saturated carbocycles. The van der Waals surface area contributed by atoms with Crippen LogP contribution >= 0.6 is 0 Å². The van der Waals surface area contributed by atoms with E-state index in [4.69, 9.17) is 9.47 Å². The molecule has 0 aromatic heterocycles. The van der Waals surface area contributed by atoms with Crippen molar-refractivity contribution in [2.45, 2.75) is 64.3 Å². The van der Waals surface area contributed by atoms with E-state index >= 15 is 0 Å². The molecule has 2 aliphatic rings. The Morgan fingerprint density at radius 2 is 1.78 bits per heavy atom. The summed E-state index contributed by atoms with van der Waals surface area (Å²) in [4.78, 5) is 27.0. The van der Waals surface area contributed by atoms with Crippen molar-refractivity contribution >= 4 is 28.8 Å². The monoisotopic (exact) mass is 502 g/mol. The van der Waals surface area contributed by atoms with Gasteiger partial charge in [0.2, 0.25) is 5.91 Å². The highest BCUT2D eigenvalue weighted by molar-refractivity contribution is 6.06. The van der Waals surface area contributed by atoms with Crippen molar-refractivity contribution in [2.75, 3.05) is 17.3 Å². The summed E-state index contributed by atoms with van der Waals surface area (Å²) in [5.41, 5.74) is -0.464. The Hall–Kier alpha value is -3.49. The minimum absolute atomic E-state index is 0.118. The number of alkyl halides is 3. The molecule has 0 bridgehead atoms. The van der Waals surface area contributed by atoms with Crippen LogP contribution in [0.2, 0.25) is 0 Å². The molecule has 192 valence electrons. The molecular weight excluding hydrogens is 473 g/mol. The largest absolute Gasteiger partial charge is 0.486 e. The first-order chi connectivity index (χ1) is 16.8. The number of likely N-dealkylation sites (N-methyl/N-ethyl adjacent to an activating group) is 1. The molecule has 2 aromatic carbocycles. The number of hydrogen-bond acceptors (Lipinski definition) is 4. The SMILES string of the molecule is CCC1(CC)C/C(=C\C(=O)Nc2ccc3c(c2)N(C)C(=O)C(C)(C)O3)c2ccc(C(F)(F)F)cc2O1. The Balaban J connectivity index is 1.65. The van der Waals surface area contributed by atoms with E-state index in [0.29, 0.717) is 47.5 Å². The maximum atomic E-state index is 13.3. The second kappa shape index (κ2) is 8.87. The predicted molar refractivity (Wildman–Crippen MR) is 131 cm³/mol. The van der Waals surface area contributed by atoms with Crippen molar-refractivity contribution in [2.24, 2.45) is 0 Å². The number of hydrogen-bond donors (Lipinski definition) is 1. The second-order valence-electron chi connectivity index (χ2n) is 9.70. The average molecular weight is 503 g/mol. The van der Waals surface area contributed by atoms with E-state index in [1.807, 2.05) is 13.8 Å². The summed E-state index contributed by atoms with van der Waals surface area (Å²) in [6.45, 7) is 7.20. The van der Waals surface area contributed by atoms with E-state index in [-0.39, 0.29) is 11.7 Å². The Bertz CT molecular complexity index is 1250. The van der Waals surface area contributed by atoms with Crippen LogP contribution in [-0.2, 0) is 15.8 Å². The molecular formula is C27H29F3N2O4. The standard InChI is InChI=1S/C27H29F3N2O4/c1-6-26(7-2)15-16(19-10-8-17(27(28,29)30)13-22(19)36-26)12-23(33)31-18-9-11-21-20(14-18)32(5)24(34)25(3,4)35-21/h8-14H,6-7,15H2,1-5H3,(H,31,33)/b16-12+. The van der Waals surface area contributed by atoms with Crippen molar-refractivity contribution in [1.82, 2.24) is 0 Å². The van der Waals surface area contributed by atoms with Crippen LogP contribution in [0.5, 0.6) is 11.5 Å². The second-order valence-corrected chi connectivity index (χ2v) is 9.70. The third-order valence-electron chi connectivity index (χ3n) is 6.86. The van der Waals surface area contributed by atoms with E-state index in [1.165, 1.54) is 17.0 Å². The zero-order valence-corrected chi connectivity index (χ0v) is 20.9. The molecule has 0 fully saturated rings. The Kier molecular flexibility index (Phi) is 6.31. The third-order valence-corrected chi connectivity index (χ3v) is 6.86. The van der Waals surface area contributed by atoms with Crippen LogP contribution in [0.25, 0.3) is 5.57 Å². The molecule has 0 saturated heterocycles. The smallest absolute Gasteiger partial charge is 0.416 e. The molecule has 6 nitrogen and oxygen atoms in total. The van der Waals surface area contributed by atoms with Gasteiger partial charge in [-0.25, -0.2) is 0 Å². The summed E-state index contributed by atoms with van der Waals surface area (Å²) < 4.78 is 51.8. The van der Waals surface area contributed by atoms with Gasteiger partial charge in [-0.1, -0.05) is 19.9 Å². The number of carbonyl (C=O) groups excluding carboxylic acids is 2. The van der Waals surface area contributed by atoms with E-state index < -0.39 is 28.8 Å². The van der Waals surface area contributed by atoms with Gasteiger partial charge >= 0.3 is 6.18 Å². The van der Waals surface area contributed by atoms with E-state index in [1.54, 1.807) is 39.1 Å². The quantitative estimate of drug-likeness (QED) is 0.506. The highest BCUT2D eigenvalue weighted by Gasteiger charge is 2.40. The normalized spacial score (nSPS) is 19.2. The van der Waals surface area contributed by atoms with E-state index in [0.717, 1.165) is 12.1 Å². The number of nitrogens with one attached hydrogen (secondary N) is 1. The molecule has 0 radical (unpaired) electrons. The zero-order chi connectivity index (χ0) is 26.5. The molecule has 0 aliphatic carbocycles. The maximum Gasteiger partial charge on any atom is 0.416 e. The molecule has 2 aromatic rings. The topological polar surface area (TPSA) is 67.9 Å². The number of halogens is 3. The van der Waals surface area contributed by atoms with Gasteiger partial charge in [0, 0.05) is 30.8 Å². The van der Waals surface area contributed by atoms with Crippen molar-refractivity contribution < 1.29 is 32.2 Å². The lowest BCUT2D eigenvalue weighted by Crippen LogP contribution is -2.50. The van der Waals surface area contributed by atoms with Gasteiger partial charge in [-0.15, -0.1) is 0 Å². The number of fused-ring (bicyclic) bond motifs is 2. The molecule has 36 heavy (non-hydrogen) atoms. The van der Waals surface area contributed by atoms with Gasteiger partial charge in [0.25, 0.3) is 5.91 Å². The zero-order valence-electron chi connectivity index (χ0n) is 20.9. The van der Waals surface area contributed by atoms with Crippen LogP contribution in [0.4, 0.5) is 24.5 Å². The van der Waals surface area contributed by atoms with Gasteiger partial charge in [-0.2, -0.15) is 13.2 Å². The predicted octanol–water partition coefficient (Wildman–Crippen LogP) is 6.20. The van der Waals surface area contributed by atoms with E-state index in [9.17, 15) is 22.8 Å². The van der Waals surface area contributed by atoms with Crippen molar-refractivity contribution in [3.05, 3.63) is 53.6 Å². The summed E-state index contributed by atoms with van der Waals surface area (Å²) in [7, 11) is 1.64. The number of amides is 2. The minimum Gasteiger partial charge on any atom is -0.486 e. The summed E-state index contributed by atoms with van der Waals surface area (Å²) in [6.07, 6.45) is -1.57. The number of anilines is 2. The molecule has 2 amide bonds. The molecule has 4 rings (SSSR count). The molecule has 0 atom stereocenters. The van der Waals surface area contributed by atoms with Gasteiger partial charge in [-0.3, -0.25) is 9.59 Å². The van der Waals surface area contributed by atoms with Crippen LogP contribution in [-0.4, -0.2) is 30.1 Å². The highest BCUT2D eigenvalue weighted by atomic mass is 19.4. The fourth-order valence-electron chi connectivity index (χ4n) is 4.65. The van der Waals surface area contributed by atoms with Gasteiger partial charge in [0.05, 0.1) is 11.3 Å². The fourth-order valence-corrected chi connectivity index (χ4v) is 4.65. The average Bonchev–Trinajstić information content (AvgIpc) is 2.82. The fraction of sp³-hybridized carbons (Fsp3) is 0.407. The lowest BCUT2D eigenvalue weighted by molar-refractivity contribution is -0.137. The summed E-state index contributed by atoms with van der Waals surface area (Å²) in [6, 6.07) is 8.35. The molecule has 1 N–H and O–H groups in total. The Morgan fingerprint density at radius 1 is 1.08 bits per heavy atom. The van der Waals surface area contributed by atoms with Crippen molar-refractivity contribution in [3.8, 4) is 11.5 Å². The summed E-state index contributed by atoms with van der Waals surface area (Å²) in [5.74, 6) is -0.0154. The Labute approximate surface area is 208 Å². The van der Waals surface area contributed by atoms with Crippen LogP contribution in [0, 0.1) is 0 Å². The third kappa shape index (κ3) is 4.66. The van der Waals surface area contributed by atoms with Crippen LogP contribution in [0.15, 0.2) is 42.5 Å². The van der Waals surface area contributed by atoms with Gasteiger partial charge in [-0.05, 0) is 62.6 Å². The van der Waals surface area contributed by atoms with Crippen molar-refractivity contribution in [3.63, 3.8) is 0 Å². The van der Waals surface area contributed by atoms with Crippen LogP contribution < -0.4 is 19.7 Å². The molecule has 2 aliphatic heterocycles. The number of nitrogens with zero attached hydrogens (tertiary/aromatic N) is 1. The van der Waals surface area contributed by atoms with Crippen LogP contribution in [0.3, 0.4) is 0 Å². The number of ether oxygens (including phenoxy) is 2. The number of rotatable bonds is 4. The summed E-state index contributed by atoms with van der Waals surface area (Å²) >= 11 is 0. The first kappa shape index (κ1) is 25.6. The highest BCUT2D eigenvalue weighted by Crippen LogP contribution is 2.45. The number of benzene rings is 2. The van der Waals surface area contributed by atoms with Crippen LogP contribution in [0.1, 0.15) is 58.1 Å². The molecule has 9 heteroatoms.